The van der Waals surface area contributed by atoms with Crippen LogP contribution in [0.15, 0.2) is 11.6 Å². The predicted octanol–water partition coefficient (Wildman–Crippen LogP) is 7.52. The van der Waals surface area contributed by atoms with Gasteiger partial charge in [-0.15, -0.1) is 0 Å². The summed E-state index contributed by atoms with van der Waals surface area (Å²) in [6.45, 7) is 12.1. The van der Waals surface area contributed by atoms with Gasteiger partial charge in [0.2, 0.25) is 0 Å². The maximum Gasteiger partial charge on any atom is 0.0413 e. The third-order valence-electron chi connectivity index (χ3n) is 5.98. The van der Waals surface area contributed by atoms with E-state index < -0.39 is 0 Å². The summed E-state index contributed by atoms with van der Waals surface area (Å²) in [5.41, 5.74) is 2.14. The fourth-order valence-electron chi connectivity index (χ4n) is 5.24. The minimum Gasteiger partial charge on any atom is -0.0811 e. The van der Waals surface area contributed by atoms with Gasteiger partial charge in [-0.2, -0.15) is 0 Å². The van der Waals surface area contributed by atoms with E-state index in [1.54, 1.807) is 5.57 Å². The van der Waals surface area contributed by atoms with E-state index in [-0.39, 0.29) is 4.32 Å². The molecule has 2 aliphatic rings. The Hall–Kier alpha value is 0.220. The molecular formula is C21H37Br. The molecule has 0 aromatic rings. The fourth-order valence-corrected chi connectivity index (χ4v) is 6.09. The average Bonchev–Trinajstić information content (AvgIpc) is 2.57. The minimum absolute atomic E-state index is 0.232. The second-order valence-electron chi connectivity index (χ2n) is 9.58. The average molecular weight is 369 g/mol. The van der Waals surface area contributed by atoms with E-state index in [0.717, 1.165) is 17.8 Å². The van der Waals surface area contributed by atoms with Crippen molar-refractivity contribution in [2.75, 3.05) is 0 Å². The maximum absolute atomic E-state index is 3.95. The van der Waals surface area contributed by atoms with Crippen LogP contribution in [0.25, 0.3) is 0 Å². The fraction of sp³-hybridized carbons (Fsp3) is 0.905. The van der Waals surface area contributed by atoms with Gasteiger partial charge in [0.05, 0.1) is 0 Å². The van der Waals surface area contributed by atoms with Crippen molar-refractivity contribution in [1.29, 1.82) is 0 Å². The Kier molecular flexibility index (Phi) is 6.25. The van der Waals surface area contributed by atoms with Gasteiger partial charge in [0.25, 0.3) is 0 Å². The molecule has 0 aromatic heterocycles. The smallest absolute Gasteiger partial charge is 0.0413 e. The van der Waals surface area contributed by atoms with Crippen molar-refractivity contribution in [3.05, 3.63) is 11.6 Å². The molecule has 2 aliphatic carbocycles. The molecule has 0 N–H and O–H groups in total. The lowest BCUT2D eigenvalue weighted by Crippen LogP contribution is -2.19. The number of allylic oxidation sites excluding steroid dienone is 2. The van der Waals surface area contributed by atoms with E-state index in [1.807, 2.05) is 0 Å². The summed E-state index contributed by atoms with van der Waals surface area (Å²) >= 11 is 3.95. The first-order valence-electron chi connectivity index (χ1n) is 9.52. The first-order valence-corrected chi connectivity index (χ1v) is 10.3. The Morgan fingerprint density at radius 2 is 1.64 bits per heavy atom. The zero-order valence-electron chi connectivity index (χ0n) is 15.6. The molecule has 1 heteroatoms. The lowest BCUT2D eigenvalue weighted by molar-refractivity contribution is 0.232. The van der Waals surface area contributed by atoms with Crippen LogP contribution in [-0.2, 0) is 0 Å². The molecule has 0 amide bonds. The predicted molar refractivity (Wildman–Crippen MR) is 103 cm³/mol. The molecule has 0 saturated heterocycles. The lowest BCUT2D eigenvalue weighted by Gasteiger charge is -2.29. The zero-order valence-corrected chi connectivity index (χ0v) is 17.1. The molecule has 2 rings (SSSR count). The SMILES string of the molecule is CC1=CC(C)(Br)CC(CCC2CCC(C)CC(C)(C)C2)CC1. The van der Waals surface area contributed by atoms with E-state index >= 15 is 0 Å². The highest BCUT2D eigenvalue weighted by Crippen LogP contribution is 2.43. The number of alkyl halides is 1. The van der Waals surface area contributed by atoms with Gasteiger partial charge in [0.1, 0.15) is 0 Å². The summed E-state index contributed by atoms with van der Waals surface area (Å²) in [4.78, 5) is 0. The van der Waals surface area contributed by atoms with Gasteiger partial charge in [-0.05, 0) is 69.1 Å². The van der Waals surface area contributed by atoms with Gasteiger partial charge in [-0.3, -0.25) is 0 Å². The molecule has 4 unspecified atom stereocenters. The van der Waals surface area contributed by atoms with Crippen LogP contribution < -0.4 is 0 Å². The van der Waals surface area contributed by atoms with Gasteiger partial charge >= 0.3 is 0 Å². The Morgan fingerprint density at radius 3 is 2.32 bits per heavy atom. The van der Waals surface area contributed by atoms with Crippen LogP contribution in [0.3, 0.4) is 0 Å². The lowest BCUT2D eigenvalue weighted by atomic mass is 9.77. The summed E-state index contributed by atoms with van der Waals surface area (Å²) < 4.78 is 0.232. The van der Waals surface area contributed by atoms with Crippen LogP contribution >= 0.6 is 15.9 Å². The highest BCUT2D eigenvalue weighted by Gasteiger charge is 2.31. The summed E-state index contributed by atoms with van der Waals surface area (Å²) in [5, 5.41) is 0. The third-order valence-corrected chi connectivity index (χ3v) is 6.53. The van der Waals surface area contributed by atoms with Crippen LogP contribution in [-0.4, -0.2) is 4.32 Å². The minimum atomic E-state index is 0.232. The van der Waals surface area contributed by atoms with Gasteiger partial charge in [-0.25, -0.2) is 0 Å². The molecule has 0 spiro atoms. The van der Waals surface area contributed by atoms with Crippen molar-refractivity contribution in [1.82, 2.24) is 0 Å². The molecule has 1 fully saturated rings. The number of hydrogen-bond acceptors (Lipinski definition) is 0. The normalized spacial score (nSPS) is 39.7. The summed E-state index contributed by atoms with van der Waals surface area (Å²) in [6, 6.07) is 0. The number of halogens is 1. The van der Waals surface area contributed by atoms with Crippen molar-refractivity contribution in [3.63, 3.8) is 0 Å². The van der Waals surface area contributed by atoms with Crippen molar-refractivity contribution in [2.45, 2.75) is 96.7 Å². The third kappa shape index (κ3) is 6.02. The van der Waals surface area contributed by atoms with Gasteiger partial charge < -0.3 is 0 Å². The second-order valence-corrected chi connectivity index (χ2v) is 11.4. The molecule has 1 saturated carbocycles. The Morgan fingerprint density at radius 1 is 1.00 bits per heavy atom. The molecule has 128 valence electrons. The van der Waals surface area contributed by atoms with Crippen molar-refractivity contribution in [2.24, 2.45) is 23.2 Å². The standard InChI is InChI=1S/C21H37Br/c1-16-6-8-18(14-20(3,4)12-16)10-11-19-9-7-17(2)13-21(5,22)15-19/h13,16,18-19H,6-12,14-15H2,1-5H3. The zero-order chi connectivity index (χ0) is 16.4. The van der Waals surface area contributed by atoms with E-state index in [1.165, 1.54) is 57.8 Å². The molecule has 0 bridgehead atoms. The molecule has 0 aliphatic heterocycles. The monoisotopic (exact) mass is 368 g/mol. The van der Waals surface area contributed by atoms with E-state index in [9.17, 15) is 0 Å². The van der Waals surface area contributed by atoms with Crippen LogP contribution in [0.2, 0.25) is 0 Å². The quantitative estimate of drug-likeness (QED) is 0.274. The highest BCUT2D eigenvalue weighted by atomic mass is 79.9. The molecule has 4 atom stereocenters. The Bertz CT molecular complexity index is 389. The Balaban J connectivity index is 1.87. The topological polar surface area (TPSA) is 0 Å². The first-order chi connectivity index (χ1) is 10.2. The van der Waals surface area contributed by atoms with Crippen molar-refractivity contribution < 1.29 is 0 Å². The van der Waals surface area contributed by atoms with Gasteiger partial charge in [0.15, 0.2) is 0 Å². The van der Waals surface area contributed by atoms with Gasteiger partial charge in [-0.1, -0.05) is 74.0 Å². The van der Waals surface area contributed by atoms with E-state index in [2.05, 4.69) is 56.6 Å². The van der Waals surface area contributed by atoms with Gasteiger partial charge in [0, 0.05) is 4.32 Å². The van der Waals surface area contributed by atoms with Crippen molar-refractivity contribution in [3.8, 4) is 0 Å². The number of rotatable bonds is 3. The van der Waals surface area contributed by atoms with Crippen LogP contribution in [0, 0.1) is 23.2 Å². The molecule has 22 heavy (non-hydrogen) atoms. The first kappa shape index (κ1) is 18.6. The molecule has 0 nitrogen and oxygen atoms in total. The second kappa shape index (κ2) is 7.41. The molecule has 0 radical (unpaired) electrons. The molecular weight excluding hydrogens is 332 g/mol. The summed E-state index contributed by atoms with van der Waals surface area (Å²) in [6.07, 6.45) is 15.2. The highest BCUT2D eigenvalue weighted by molar-refractivity contribution is 9.10. The van der Waals surface area contributed by atoms with Crippen LogP contribution in [0.4, 0.5) is 0 Å². The maximum atomic E-state index is 3.95. The van der Waals surface area contributed by atoms with E-state index in [4.69, 9.17) is 0 Å². The van der Waals surface area contributed by atoms with Crippen LogP contribution in [0.5, 0.6) is 0 Å². The number of hydrogen-bond donors (Lipinski definition) is 0. The van der Waals surface area contributed by atoms with Crippen molar-refractivity contribution >= 4 is 15.9 Å². The molecule has 0 aromatic carbocycles. The largest absolute Gasteiger partial charge is 0.0811 e. The Labute approximate surface area is 147 Å². The molecule has 0 heterocycles. The summed E-state index contributed by atoms with van der Waals surface area (Å²) in [7, 11) is 0. The van der Waals surface area contributed by atoms with Crippen LogP contribution in [0.1, 0.15) is 92.4 Å². The van der Waals surface area contributed by atoms with E-state index in [0.29, 0.717) is 5.41 Å². The summed E-state index contributed by atoms with van der Waals surface area (Å²) in [5.74, 6) is 2.80.